The molecular weight excluding hydrogens is 530 g/mol. The molecule has 0 atom stereocenters. The van der Waals surface area contributed by atoms with Crippen LogP contribution in [0.5, 0.6) is 0 Å². The first-order valence-corrected chi connectivity index (χ1v) is 14.4. The lowest BCUT2D eigenvalue weighted by molar-refractivity contribution is -0.00868. The van der Waals surface area contributed by atoms with Crippen molar-refractivity contribution in [1.82, 2.24) is 0 Å². The molecule has 4 aromatic carbocycles. The average molecular weight is 555 g/mol. The Morgan fingerprint density at radius 1 is 0.737 bits per heavy atom. The van der Waals surface area contributed by atoms with E-state index in [2.05, 4.69) is 6.58 Å². The predicted molar refractivity (Wildman–Crippen MR) is 143 cm³/mol. The number of esters is 1. The standard InChI is InChI=1S/C29H24F2O5S2/c1-2-23-18-20-24(21-19-23)28(32)35-22-29(30,31)38(33,34)36-37(25-12-6-3-7-13-25,26-14-8-4-9-15-26)27-16-10-5-11-17-27/h2-21H,1,22H2. The van der Waals surface area contributed by atoms with E-state index in [-0.39, 0.29) is 5.56 Å². The molecule has 0 aliphatic rings. The number of halogens is 2. The first-order chi connectivity index (χ1) is 18.2. The molecule has 0 N–H and O–H groups in total. The molecule has 4 aromatic rings. The lowest BCUT2D eigenvalue weighted by Gasteiger charge is -2.40. The number of carbonyl (C=O) groups is 1. The second-order valence-corrected chi connectivity index (χ2v) is 12.6. The van der Waals surface area contributed by atoms with Crippen LogP contribution in [-0.2, 0) is 18.5 Å². The molecule has 196 valence electrons. The Morgan fingerprint density at radius 2 is 1.16 bits per heavy atom. The summed E-state index contributed by atoms with van der Waals surface area (Å²) in [6.07, 6.45) is 1.55. The normalized spacial score (nSPS) is 12.5. The first-order valence-electron chi connectivity index (χ1n) is 11.4. The number of benzene rings is 4. The van der Waals surface area contributed by atoms with Crippen molar-refractivity contribution in [1.29, 1.82) is 0 Å². The van der Waals surface area contributed by atoms with Crippen LogP contribution in [0.25, 0.3) is 6.08 Å². The van der Waals surface area contributed by atoms with Crippen molar-refractivity contribution in [2.45, 2.75) is 19.9 Å². The van der Waals surface area contributed by atoms with Crippen LogP contribution in [-0.4, -0.2) is 26.2 Å². The molecule has 0 aromatic heterocycles. The van der Waals surface area contributed by atoms with E-state index in [1.807, 2.05) is 0 Å². The van der Waals surface area contributed by atoms with E-state index in [0.29, 0.717) is 20.2 Å². The number of hydrogen-bond donors (Lipinski definition) is 0. The smallest absolute Gasteiger partial charge is 0.403 e. The third-order valence-corrected chi connectivity index (χ3v) is 10.7. The number of ether oxygens (including phenoxy) is 1. The molecule has 0 bridgehead atoms. The van der Waals surface area contributed by atoms with Gasteiger partial charge >= 0.3 is 21.3 Å². The van der Waals surface area contributed by atoms with Gasteiger partial charge in [-0.05, 0) is 64.4 Å². The van der Waals surface area contributed by atoms with Crippen LogP contribution in [0.15, 0.2) is 137 Å². The summed E-state index contributed by atoms with van der Waals surface area (Å²) < 4.78 is 67.4. The van der Waals surface area contributed by atoms with Gasteiger partial charge in [0, 0.05) is 14.7 Å². The van der Waals surface area contributed by atoms with Crippen molar-refractivity contribution < 1.29 is 30.4 Å². The maximum absolute atomic E-state index is 15.3. The molecule has 4 rings (SSSR count). The molecule has 9 heteroatoms. The van der Waals surface area contributed by atoms with Gasteiger partial charge in [0.25, 0.3) is 0 Å². The monoisotopic (exact) mass is 554 g/mol. The van der Waals surface area contributed by atoms with Gasteiger partial charge in [0.1, 0.15) is 0 Å². The maximum Gasteiger partial charge on any atom is 0.403 e. The Kier molecular flexibility index (Phi) is 8.11. The highest BCUT2D eigenvalue weighted by Crippen LogP contribution is 2.70. The third-order valence-electron chi connectivity index (χ3n) is 5.54. The highest BCUT2D eigenvalue weighted by atomic mass is 32.3. The zero-order valence-corrected chi connectivity index (χ0v) is 21.7. The molecule has 5 nitrogen and oxygen atoms in total. The molecule has 38 heavy (non-hydrogen) atoms. The van der Waals surface area contributed by atoms with Gasteiger partial charge in [-0.2, -0.15) is 17.2 Å². The summed E-state index contributed by atoms with van der Waals surface area (Å²) in [6.45, 7) is 1.88. The summed E-state index contributed by atoms with van der Waals surface area (Å²) in [7, 11) is -8.83. The molecule has 0 aliphatic heterocycles. The largest absolute Gasteiger partial charge is 0.454 e. The summed E-state index contributed by atoms with van der Waals surface area (Å²) in [5.41, 5.74) is 0.701. The van der Waals surface area contributed by atoms with Gasteiger partial charge < -0.3 is 4.74 Å². The van der Waals surface area contributed by atoms with Crippen LogP contribution in [0.1, 0.15) is 15.9 Å². The SMILES string of the molecule is C=Cc1ccc(C(=O)OCC(F)(F)S(=O)(=O)OS(c2ccccc2)(c2ccccc2)c2ccccc2)cc1. The van der Waals surface area contributed by atoms with Crippen molar-refractivity contribution in [2.75, 3.05) is 6.61 Å². The lowest BCUT2D eigenvalue weighted by Crippen LogP contribution is -2.37. The van der Waals surface area contributed by atoms with E-state index in [1.54, 1.807) is 109 Å². The van der Waals surface area contributed by atoms with Crippen LogP contribution >= 0.6 is 10.3 Å². The second-order valence-electron chi connectivity index (χ2n) is 8.06. The van der Waals surface area contributed by atoms with Crippen molar-refractivity contribution >= 4 is 32.5 Å². The van der Waals surface area contributed by atoms with E-state index >= 15 is 8.78 Å². The lowest BCUT2D eigenvalue weighted by atomic mass is 10.1. The average Bonchev–Trinajstić information content (AvgIpc) is 2.96. The molecule has 0 saturated carbocycles. The van der Waals surface area contributed by atoms with E-state index < -0.39 is 38.3 Å². The fourth-order valence-corrected chi connectivity index (χ4v) is 8.66. The molecule has 0 unspecified atom stereocenters. The van der Waals surface area contributed by atoms with Gasteiger partial charge in [-0.15, -0.1) is 0 Å². The van der Waals surface area contributed by atoms with Crippen molar-refractivity contribution in [3.05, 3.63) is 133 Å². The maximum atomic E-state index is 15.3. The van der Waals surface area contributed by atoms with E-state index in [0.717, 1.165) is 0 Å². The molecule has 0 spiro atoms. The van der Waals surface area contributed by atoms with Gasteiger partial charge in [0.05, 0.1) is 5.56 Å². The fraction of sp³-hybridized carbons (Fsp3) is 0.0690. The van der Waals surface area contributed by atoms with Crippen LogP contribution in [0.2, 0.25) is 0 Å². The summed E-state index contributed by atoms with van der Waals surface area (Å²) in [4.78, 5) is 13.6. The molecule has 0 aliphatic carbocycles. The predicted octanol–water partition coefficient (Wildman–Crippen LogP) is 7.32. The summed E-state index contributed by atoms with van der Waals surface area (Å²) in [6, 6.07) is 30.9. The number of carbonyl (C=O) groups excluding carboxylic acids is 1. The van der Waals surface area contributed by atoms with Crippen molar-refractivity contribution in [3.8, 4) is 0 Å². The van der Waals surface area contributed by atoms with Gasteiger partial charge in [0.15, 0.2) is 6.61 Å². The Bertz CT molecular complexity index is 1400. The van der Waals surface area contributed by atoms with E-state index in [1.165, 1.54) is 12.1 Å². The quantitative estimate of drug-likeness (QED) is 0.192. The molecule has 0 amide bonds. The number of alkyl halides is 2. The summed E-state index contributed by atoms with van der Waals surface area (Å²) in [5, 5.41) is -4.54. The molecule has 0 heterocycles. The summed E-state index contributed by atoms with van der Waals surface area (Å²) in [5.74, 6) is -1.09. The Balaban J connectivity index is 1.72. The van der Waals surface area contributed by atoms with E-state index in [9.17, 15) is 13.2 Å². The third kappa shape index (κ3) is 5.55. The minimum Gasteiger partial charge on any atom is -0.454 e. The summed E-state index contributed by atoms with van der Waals surface area (Å²) >= 11 is 0. The second kappa shape index (κ2) is 11.3. The fourth-order valence-electron chi connectivity index (χ4n) is 3.61. The van der Waals surface area contributed by atoms with Crippen LogP contribution in [0.4, 0.5) is 8.78 Å². The van der Waals surface area contributed by atoms with Crippen LogP contribution < -0.4 is 0 Å². The van der Waals surface area contributed by atoms with Gasteiger partial charge in [-0.3, -0.25) is 0 Å². The van der Waals surface area contributed by atoms with Crippen molar-refractivity contribution in [3.63, 3.8) is 0 Å². The van der Waals surface area contributed by atoms with Crippen LogP contribution in [0.3, 0.4) is 0 Å². The zero-order chi connectivity index (χ0) is 27.2. The topological polar surface area (TPSA) is 69.7 Å². The molecular formula is C29H24F2O5S2. The van der Waals surface area contributed by atoms with Crippen LogP contribution in [0, 0.1) is 0 Å². The minimum absolute atomic E-state index is 0.0115. The van der Waals surface area contributed by atoms with E-state index in [4.69, 9.17) is 8.37 Å². The first kappa shape index (κ1) is 27.3. The number of hydrogen-bond acceptors (Lipinski definition) is 5. The zero-order valence-electron chi connectivity index (χ0n) is 20.1. The molecule has 0 saturated heterocycles. The molecule has 0 radical (unpaired) electrons. The molecule has 0 fully saturated rings. The Morgan fingerprint density at radius 3 is 1.55 bits per heavy atom. The van der Waals surface area contributed by atoms with Gasteiger partial charge in [-0.1, -0.05) is 79.4 Å². The Labute approximate surface area is 222 Å². The van der Waals surface area contributed by atoms with Gasteiger partial charge in [-0.25, -0.2) is 8.42 Å². The van der Waals surface area contributed by atoms with Gasteiger partial charge in [0.2, 0.25) is 0 Å². The Hall–Kier alpha value is -3.79. The highest BCUT2D eigenvalue weighted by Gasteiger charge is 2.52. The van der Waals surface area contributed by atoms with Crippen molar-refractivity contribution in [2.24, 2.45) is 0 Å². The number of rotatable bonds is 10. The highest BCUT2D eigenvalue weighted by molar-refractivity contribution is 8.33. The minimum atomic E-state index is -5.64.